The van der Waals surface area contributed by atoms with E-state index in [0.29, 0.717) is 0 Å². The van der Waals surface area contributed by atoms with Gasteiger partial charge in [0.2, 0.25) is 0 Å². The van der Waals surface area contributed by atoms with Crippen LogP contribution in [-0.4, -0.2) is 18.1 Å². The minimum absolute atomic E-state index is 0.0794. The molecule has 0 bridgehead atoms. The molecule has 16 heavy (non-hydrogen) atoms. The Morgan fingerprint density at radius 1 is 1.69 bits per heavy atom. The number of nitrogens with zero attached hydrogens (tertiary/aromatic N) is 1. The largest absolute Gasteiger partial charge is 0.469 e. The van der Waals surface area contributed by atoms with Gasteiger partial charge in [-0.3, -0.25) is 4.79 Å². The van der Waals surface area contributed by atoms with Gasteiger partial charge < -0.3 is 4.74 Å². The zero-order valence-corrected chi connectivity index (χ0v) is 11.1. The molecule has 0 amide bonds. The maximum absolute atomic E-state index is 12.6. The Morgan fingerprint density at radius 3 is 2.81 bits per heavy atom. The van der Waals surface area contributed by atoms with Crippen LogP contribution < -0.4 is 0 Å². The molecule has 1 aromatic rings. The summed E-state index contributed by atoms with van der Waals surface area (Å²) in [6, 6.07) is 1.12. The second-order valence-electron chi connectivity index (χ2n) is 2.86. The summed E-state index contributed by atoms with van der Waals surface area (Å²) in [6.45, 7) is 0. The third-order valence-electron chi connectivity index (χ3n) is 1.79. The first-order chi connectivity index (χ1) is 7.45. The van der Waals surface area contributed by atoms with E-state index in [0.717, 1.165) is 6.07 Å². The van der Waals surface area contributed by atoms with Crippen LogP contribution in [0, 0.1) is 3.70 Å². The standard InChI is InChI=1S/C9H7ClF2INO2/c1-16-6(15)3-4-2-5(8(11)12)7(10)9(13)14-4/h2,8H,3H2,1H3. The molecule has 0 unspecified atom stereocenters. The van der Waals surface area contributed by atoms with Crippen LogP contribution in [0.25, 0.3) is 0 Å². The van der Waals surface area contributed by atoms with E-state index in [-0.39, 0.29) is 26.4 Å². The van der Waals surface area contributed by atoms with Gasteiger partial charge in [0.1, 0.15) is 3.70 Å². The van der Waals surface area contributed by atoms with E-state index in [1.807, 2.05) is 0 Å². The number of aromatic nitrogens is 1. The molecular weight excluding hydrogens is 354 g/mol. The van der Waals surface area contributed by atoms with Crippen molar-refractivity contribution in [3.05, 3.63) is 26.0 Å². The Labute approximate surface area is 109 Å². The predicted molar refractivity (Wildman–Crippen MR) is 62.6 cm³/mol. The maximum atomic E-state index is 12.6. The second-order valence-corrected chi connectivity index (χ2v) is 4.26. The summed E-state index contributed by atoms with van der Waals surface area (Å²) in [5, 5.41) is -0.0794. The van der Waals surface area contributed by atoms with Gasteiger partial charge in [-0.2, -0.15) is 0 Å². The van der Waals surface area contributed by atoms with Crippen LogP contribution >= 0.6 is 34.2 Å². The molecular formula is C9H7ClF2INO2. The van der Waals surface area contributed by atoms with E-state index in [4.69, 9.17) is 11.6 Å². The number of pyridine rings is 1. The molecule has 0 atom stereocenters. The van der Waals surface area contributed by atoms with Gasteiger partial charge in [-0.1, -0.05) is 11.6 Å². The minimum atomic E-state index is -2.69. The molecule has 0 aliphatic rings. The average Bonchev–Trinajstić information content (AvgIpc) is 2.22. The Balaban J connectivity index is 3.09. The molecule has 1 rings (SSSR count). The molecule has 0 aromatic carbocycles. The number of esters is 1. The lowest BCUT2D eigenvalue weighted by Gasteiger charge is -2.07. The fourth-order valence-corrected chi connectivity index (χ4v) is 1.84. The highest BCUT2D eigenvalue weighted by molar-refractivity contribution is 14.1. The van der Waals surface area contributed by atoms with E-state index in [1.54, 1.807) is 22.6 Å². The van der Waals surface area contributed by atoms with Gasteiger partial charge in [-0.05, 0) is 28.7 Å². The van der Waals surface area contributed by atoms with Crippen LogP contribution in [0.15, 0.2) is 6.07 Å². The SMILES string of the molecule is COC(=O)Cc1cc(C(F)F)c(Cl)c(I)n1. The number of methoxy groups -OCH3 is 1. The number of rotatable bonds is 3. The average molecular weight is 362 g/mol. The zero-order chi connectivity index (χ0) is 12.3. The summed E-state index contributed by atoms with van der Waals surface area (Å²) < 4.78 is 29.8. The highest BCUT2D eigenvalue weighted by Crippen LogP contribution is 2.30. The Hall–Kier alpha value is -0.500. The monoisotopic (exact) mass is 361 g/mol. The van der Waals surface area contributed by atoms with Gasteiger partial charge in [0.05, 0.1) is 24.2 Å². The number of carbonyl (C=O) groups excluding carboxylic acids is 1. The van der Waals surface area contributed by atoms with Crippen molar-refractivity contribution >= 4 is 40.2 Å². The third kappa shape index (κ3) is 3.24. The van der Waals surface area contributed by atoms with Crippen molar-refractivity contribution in [2.24, 2.45) is 0 Å². The molecule has 0 radical (unpaired) electrons. The van der Waals surface area contributed by atoms with E-state index in [9.17, 15) is 13.6 Å². The quantitative estimate of drug-likeness (QED) is 0.472. The highest BCUT2D eigenvalue weighted by atomic mass is 127. The van der Waals surface area contributed by atoms with Crippen molar-refractivity contribution in [2.75, 3.05) is 7.11 Å². The Morgan fingerprint density at radius 2 is 2.31 bits per heavy atom. The molecule has 0 spiro atoms. The van der Waals surface area contributed by atoms with Gasteiger partial charge >= 0.3 is 5.97 Å². The fourth-order valence-electron chi connectivity index (χ4n) is 1.04. The normalized spacial score (nSPS) is 10.6. The molecule has 0 aliphatic carbocycles. The minimum Gasteiger partial charge on any atom is -0.469 e. The molecule has 0 N–H and O–H groups in total. The van der Waals surface area contributed by atoms with Gasteiger partial charge in [0.25, 0.3) is 6.43 Å². The van der Waals surface area contributed by atoms with Gasteiger partial charge in [-0.15, -0.1) is 0 Å². The Bertz CT molecular complexity index is 415. The van der Waals surface area contributed by atoms with Gasteiger partial charge in [0.15, 0.2) is 0 Å². The number of hydrogen-bond acceptors (Lipinski definition) is 3. The third-order valence-corrected chi connectivity index (χ3v) is 3.28. The van der Waals surface area contributed by atoms with E-state index in [1.165, 1.54) is 7.11 Å². The van der Waals surface area contributed by atoms with E-state index < -0.39 is 12.4 Å². The van der Waals surface area contributed by atoms with Crippen molar-refractivity contribution in [2.45, 2.75) is 12.8 Å². The van der Waals surface area contributed by atoms with Crippen molar-refractivity contribution in [1.82, 2.24) is 4.98 Å². The lowest BCUT2D eigenvalue weighted by atomic mass is 10.2. The van der Waals surface area contributed by atoms with Crippen molar-refractivity contribution in [3.63, 3.8) is 0 Å². The first-order valence-corrected chi connectivity index (χ1v) is 5.61. The molecule has 0 fully saturated rings. The van der Waals surface area contributed by atoms with Crippen molar-refractivity contribution < 1.29 is 18.3 Å². The molecule has 0 saturated heterocycles. The smallest absolute Gasteiger partial charge is 0.311 e. The summed E-state index contributed by atoms with van der Waals surface area (Å²) >= 11 is 7.40. The zero-order valence-electron chi connectivity index (χ0n) is 8.14. The lowest BCUT2D eigenvalue weighted by Crippen LogP contribution is -2.08. The topological polar surface area (TPSA) is 39.2 Å². The molecule has 0 saturated carbocycles. The van der Waals surface area contributed by atoms with Crippen LogP contribution in [0.1, 0.15) is 17.7 Å². The first kappa shape index (κ1) is 13.6. The predicted octanol–water partition coefficient (Wildman–Crippen LogP) is 2.99. The van der Waals surface area contributed by atoms with Crippen molar-refractivity contribution in [1.29, 1.82) is 0 Å². The highest BCUT2D eigenvalue weighted by Gasteiger charge is 2.18. The number of alkyl halides is 2. The second kappa shape index (κ2) is 5.72. The van der Waals surface area contributed by atoms with Gasteiger partial charge in [0, 0.05) is 5.56 Å². The number of carbonyl (C=O) groups is 1. The first-order valence-electron chi connectivity index (χ1n) is 4.15. The van der Waals surface area contributed by atoms with Crippen LogP contribution in [0.3, 0.4) is 0 Å². The van der Waals surface area contributed by atoms with Crippen LogP contribution in [-0.2, 0) is 16.0 Å². The van der Waals surface area contributed by atoms with Crippen LogP contribution in [0.4, 0.5) is 8.78 Å². The lowest BCUT2D eigenvalue weighted by molar-refractivity contribution is -0.139. The molecule has 3 nitrogen and oxygen atoms in total. The molecule has 88 valence electrons. The fraction of sp³-hybridized carbons (Fsp3) is 0.333. The van der Waals surface area contributed by atoms with Crippen molar-refractivity contribution in [3.8, 4) is 0 Å². The van der Waals surface area contributed by atoms with E-state index in [2.05, 4.69) is 9.72 Å². The van der Waals surface area contributed by atoms with Crippen LogP contribution in [0.5, 0.6) is 0 Å². The maximum Gasteiger partial charge on any atom is 0.311 e. The number of hydrogen-bond donors (Lipinski definition) is 0. The summed E-state index contributed by atoms with van der Waals surface area (Å²) in [7, 11) is 1.22. The molecule has 1 aromatic heterocycles. The summed E-state index contributed by atoms with van der Waals surface area (Å²) in [5.41, 5.74) is -0.101. The summed E-state index contributed by atoms with van der Waals surface area (Å²) in [5.74, 6) is -0.536. The Kier molecular flexibility index (Phi) is 4.85. The number of halogens is 4. The molecule has 1 heterocycles. The van der Waals surface area contributed by atoms with E-state index >= 15 is 0 Å². The number of ether oxygens (including phenoxy) is 1. The molecule has 7 heteroatoms. The summed E-state index contributed by atoms with van der Waals surface area (Å²) in [4.78, 5) is 14.9. The molecule has 0 aliphatic heterocycles. The van der Waals surface area contributed by atoms with Crippen LogP contribution in [0.2, 0.25) is 5.02 Å². The van der Waals surface area contributed by atoms with Gasteiger partial charge in [-0.25, -0.2) is 13.8 Å². The summed E-state index contributed by atoms with van der Waals surface area (Å²) in [6.07, 6.45) is -2.84.